The van der Waals surface area contributed by atoms with Gasteiger partial charge in [0, 0.05) is 44.3 Å². The van der Waals surface area contributed by atoms with Gasteiger partial charge in [0.2, 0.25) is 5.95 Å². The predicted octanol–water partition coefficient (Wildman–Crippen LogP) is 2.16. The Kier molecular flexibility index (Phi) is 5.91. The van der Waals surface area contributed by atoms with Gasteiger partial charge in [-0.25, -0.2) is 9.97 Å². The van der Waals surface area contributed by atoms with E-state index in [0.29, 0.717) is 18.1 Å². The monoisotopic (exact) mass is 313 g/mol. The van der Waals surface area contributed by atoms with Crippen LogP contribution >= 0.6 is 0 Å². The summed E-state index contributed by atoms with van der Waals surface area (Å²) in [7, 11) is 2.01. The number of carbonyl (C=O) groups is 1. The van der Waals surface area contributed by atoms with E-state index in [0.717, 1.165) is 12.2 Å². The standard InChI is InChI=1S/C17H23N5O/c1-4-18-17-20-11-14(12-21-17)16(23)19-10-13(2)22(3)15-8-6-5-7-9-15/h5-9,11-13H,4,10H2,1-3H3,(H,19,23)(H,18,20,21). The molecule has 23 heavy (non-hydrogen) atoms. The molecule has 1 aromatic carbocycles. The minimum atomic E-state index is -0.165. The number of hydrogen-bond donors (Lipinski definition) is 2. The van der Waals surface area contributed by atoms with Gasteiger partial charge in [-0.15, -0.1) is 0 Å². The Labute approximate surface area is 137 Å². The summed E-state index contributed by atoms with van der Waals surface area (Å²) >= 11 is 0. The van der Waals surface area contributed by atoms with Crippen molar-refractivity contribution in [2.24, 2.45) is 0 Å². The molecular weight excluding hydrogens is 290 g/mol. The third-order valence-corrected chi connectivity index (χ3v) is 3.63. The minimum Gasteiger partial charge on any atom is -0.370 e. The van der Waals surface area contributed by atoms with Crippen LogP contribution in [-0.4, -0.2) is 42.1 Å². The number of nitrogens with zero attached hydrogens (tertiary/aromatic N) is 3. The van der Waals surface area contributed by atoms with Gasteiger partial charge >= 0.3 is 0 Å². The molecule has 1 heterocycles. The highest BCUT2D eigenvalue weighted by Crippen LogP contribution is 2.13. The number of para-hydroxylation sites is 1. The zero-order valence-corrected chi connectivity index (χ0v) is 13.8. The Morgan fingerprint density at radius 2 is 1.87 bits per heavy atom. The van der Waals surface area contributed by atoms with Crippen molar-refractivity contribution in [1.29, 1.82) is 0 Å². The zero-order valence-electron chi connectivity index (χ0n) is 13.8. The molecule has 122 valence electrons. The molecule has 0 bridgehead atoms. The summed E-state index contributed by atoms with van der Waals surface area (Å²) in [4.78, 5) is 22.5. The van der Waals surface area contributed by atoms with E-state index in [1.165, 1.54) is 12.4 Å². The summed E-state index contributed by atoms with van der Waals surface area (Å²) in [6.07, 6.45) is 3.07. The van der Waals surface area contributed by atoms with Gasteiger partial charge in [0.1, 0.15) is 0 Å². The molecule has 0 aliphatic carbocycles. The molecular formula is C17H23N5O. The summed E-state index contributed by atoms with van der Waals surface area (Å²) in [5, 5.41) is 5.92. The fourth-order valence-electron chi connectivity index (χ4n) is 2.09. The maximum atomic E-state index is 12.1. The third kappa shape index (κ3) is 4.67. The molecule has 6 heteroatoms. The van der Waals surface area contributed by atoms with Crippen LogP contribution in [0.3, 0.4) is 0 Å². The molecule has 1 atom stereocenters. The first-order valence-electron chi connectivity index (χ1n) is 7.73. The summed E-state index contributed by atoms with van der Waals surface area (Å²) < 4.78 is 0. The van der Waals surface area contributed by atoms with Crippen LogP contribution < -0.4 is 15.5 Å². The number of carbonyl (C=O) groups excluding carboxylic acids is 1. The quantitative estimate of drug-likeness (QED) is 0.820. The van der Waals surface area contributed by atoms with Crippen molar-refractivity contribution < 1.29 is 4.79 Å². The van der Waals surface area contributed by atoms with Crippen LogP contribution in [0, 0.1) is 0 Å². The van der Waals surface area contributed by atoms with E-state index in [9.17, 15) is 4.79 Å². The molecule has 0 aliphatic rings. The number of hydrogen-bond acceptors (Lipinski definition) is 5. The molecule has 0 saturated carbocycles. The van der Waals surface area contributed by atoms with Gasteiger partial charge in [0.15, 0.2) is 0 Å². The molecule has 1 unspecified atom stereocenters. The maximum absolute atomic E-state index is 12.1. The van der Waals surface area contributed by atoms with Gasteiger partial charge in [0.25, 0.3) is 5.91 Å². The smallest absolute Gasteiger partial charge is 0.254 e. The number of nitrogens with one attached hydrogen (secondary N) is 2. The lowest BCUT2D eigenvalue weighted by Crippen LogP contribution is -2.40. The molecule has 1 aromatic heterocycles. The minimum absolute atomic E-state index is 0.165. The number of amides is 1. The van der Waals surface area contributed by atoms with E-state index in [1.54, 1.807) is 0 Å². The molecule has 6 nitrogen and oxygen atoms in total. The fraction of sp³-hybridized carbons (Fsp3) is 0.353. The maximum Gasteiger partial charge on any atom is 0.254 e. The lowest BCUT2D eigenvalue weighted by atomic mass is 10.2. The number of benzene rings is 1. The molecule has 1 amide bonds. The van der Waals surface area contributed by atoms with Gasteiger partial charge in [-0.2, -0.15) is 0 Å². The second-order valence-electron chi connectivity index (χ2n) is 5.33. The first kappa shape index (κ1) is 16.7. The van der Waals surface area contributed by atoms with Gasteiger partial charge in [-0.05, 0) is 26.0 Å². The number of likely N-dealkylation sites (N-methyl/N-ethyl adjacent to an activating group) is 1. The van der Waals surface area contributed by atoms with Gasteiger partial charge in [-0.3, -0.25) is 4.79 Å². The van der Waals surface area contributed by atoms with E-state index >= 15 is 0 Å². The lowest BCUT2D eigenvalue weighted by Gasteiger charge is -2.27. The molecule has 2 aromatic rings. The lowest BCUT2D eigenvalue weighted by molar-refractivity contribution is 0.0951. The number of anilines is 2. The van der Waals surface area contributed by atoms with Crippen LogP contribution in [0.15, 0.2) is 42.7 Å². The highest BCUT2D eigenvalue weighted by atomic mass is 16.1. The van der Waals surface area contributed by atoms with Crippen LogP contribution in [0.1, 0.15) is 24.2 Å². The highest BCUT2D eigenvalue weighted by Gasteiger charge is 2.12. The van der Waals surface area contributed by atoms with Crippen molar-refractivity contribution in [3.63, 3.8) is 0 Å². The molecule has 2 rings (SSSR count). The Morgan fingerprint density at radius 1 is 1.22 bits per heavy atom. The topological polar surface area (TPSA) is 70.2 Å². The van der Waals surface area contributed by atoms with Crippen molar-refractivity contribution in [3.05, 3.63) is 48.3 Å². The number of rotatable bonds is 7. The number of aromatic nitrogens is 2. The fourth-order valence-corrected chi connectivity index (χ4v) is 2.09. The summed E-state index contributed by atoms with van der Waals surface area (Å²) in [6, 6.07) is 10.3. The van der Waals surface area contributed by atoms with Crippen molar-refractivity contribution >= 4 is 17.5 Å². The second-order valence-corrected chi connectivity index (χ2v) is 5.33. The summed E-state index contributed by atoms with van der Waals surface area (Å²) in [5.74, 6) is 0.364. The first-order chi connectivity index (χ1) is 11.1. The third-order valence-electron chi connectivity index (χ3n) is 3.63. The van der Waals surface area contributed by atoms with Crippen LogP contribution in [0.4, 0.5) is 11.6 Å². The van der Waals surface area contributed by atoms with Crippen LogP contribution in [0.5, 0.6) is 0 Å². The van der Waals surface area contributed by atoms with Crippen LogP contribution in [-0.2, 0) is 0 Å². The predicted molar refractivity (Wildman–Crippen MR) is 92.8 cm³/mol. The highest BCUT2D eigenvalue weighted by molar-refractivity contribution is 5.93. The Bertz CT molecular complexity index is 615. The molecule has 0 spiro atoms. The van der Waals surface area contributed by atoms with E-state index in [2.05, 4.69) is 32.4 Å². The summed E-state index contributed by atoms with van der Waals surface area (Å²) in [6.45, 7) is 5.32. The Morgan fingerprint density at radius 3 is 2.48 bits per heavy atom. The van der Waals surface area contributed by atoms with Crippen LogP contribution in [0.25, 0.3) is 0 Å². The van der Waals surface area contributed by atoms with Crippen LogP contribution in [0.2, 0.25) is 0 Å². The van der Waals surface area contributed by atoms with Gasteiger partial charge in [-0.1, -0.05) is 18.2 Å². The molecule has 0 aliphatic heterocycles. The van der Waals surface area contributed by atoms with E-state index in [-0.39, 0.29) is 11.9 Å². The average Bonchev–Trinajstić information content (AvgIpc) is 2.60. The van der Waals surface area contributed by atoms with Crippen molar-refractivity contribution in [3.8, 4) is 0 Å². The second kappa shape index (κ2) is 8.12. The molecule has 2 N–H and O–H groups in total. The Balaban J connectivity index is 1.88. The van der Waals surface area contributed by atoms with E-state index < -0.39 is 0 Å². The van der Waals surface area contributed by atoms with E-state index in [1.807, 2.05) is 44.3 Å². The van der Waals surface area contributed by atoms with Crippen molar-refractivity contribution in [2.75, 3.05) is 30.4 Å². The average molecular weight is 313 g/mol. The van der Waals surface area contributed by atoms with Gasteiger partial charge in [0.05, 0.1) is 5.56 Å². The Hall–Kier alpha value is -2.63. The molecule has 0 radical (unpaired) electrons. The van der Waals surface area contributed by atoms with Gasteiger partial charge < -0.3 is 15.5 Å². The SMILES string of the molecule is CCNc1ncc(C(=O)NCC(C)N(C)c2ccccc2)cn1. The van der Waals surface area contributed by atoms with Crippen molar-refractivity contribution in [1.82, 2.24) is 15.3 Å². The summed E-state index contributed by atoms with van der Waals surface area (Å²) in [5.41, 5.74) is 1.58. The van der Waals surface area contributed by atoms with Crippen molar-refractivity contribution in [2.45, 2.75) is 19.9 Å². The largest absolute Gasteiger partial charge is 0.370 e. The molecule has 0 saturated heterocycles. The first-order valence-corrected chi connectivity index (χ1v) is 7.73. The zero-order chi connectivity index (χ0) is 16.7. The molecule has 0 fully saturated rings. The van der Waals surface area contributed by atoms with E-state index in [4.69, 9.17) is 0 Å². The normalized spacial score (nSPS) is 11.6.